The second-order valence-electron chi connectivity index (χ2n) is 2.36. The van der Waals surface area contributed by atoms with Gasteiger partial charge in [-0.05, 0) is 0 Å². The maximum atomic E-state index is 11.8. The molecule has 0 aliphatic carbocycles. The van der Waals surface area contributed by atoms with Crippen LogP contribution in [0.25, 0.3) is 0 Å². The van der Waals surface area contributed by atoms with E-state index in [1.54, 1.807) is 0 Å². The Balaban J connectivity index is 3.24. The molecular weight excluding hydrogens is 268 g/mol. The summed E-state index contributed by atoms with van der Waals surface area (Å²) in [5.74, 6) is -2.05. The SMILES string of the molecule is O=S(=O)(c1nnc(C(F)(F)F)[n-]1)C(F)(F)F. The molecule has 0 saturated heterocycles. The van der Waals surface area contributed by atoms with Crippen LogP contribution in [0.1, 0.15) is 5.82 Å². The highest BCUT2D eigenvalue weighted by atomic mass is 32.2. The first-order valence-corrected chi connectivity index (χ1v) is 4.70. The lowest BCUT2D eigenvalue weighted by Gasteiger charge is -2.07. The molecule has 0 atom stereocenters. The molecular formula is C4F6N3O2S-. The predicted molar refractivity (Wildman–Crippen MR) is 33.6 cm³/mol. The molecule has 16 heavy (non-hydrogen) atoms. The molecule has 0 aromatic carbocycles. The van der Waals surface area contributed by atoms with Crippen molar-refractivity contribution < 1.29 is 34.8 Å². The second-order valence-corrected chi connectivity index (χ2v) is 4.20. The number of sulfone groups is 1. The zero-order valence-corrected chi connectivity index (χ0v) is 7.65. The molecule has 0 aliphatic rings. The summed E-state index contributed by atoms with van der Waals surface area (Å²) in [6, 6.07) is 0. The lowest BCUT2D eigenvalue weighted by molar-refractivity contribution is -0.145. The molecule has 0 aliphatic heterocycles. The van der Waals surface area contributed by atoms with E-state index in [4.69, 9.17) is 0 Å². The summed E-state index contributed by atoms with van der Waals surface area (Å²) < 4.78 is 92.2. The maximum Gasteiger partial charge on any atom is 0.502 e. The smallest absolute Gasteiger partial charge is 0.344 e. The van der Waals surface area contributed by atoms with Crippen molar-refractivity contribution >= 4 is 9.84 Å². The minimum atomic E-state index is -6.00. The number of rotatable bonds is 1. The molecule has 1 rings (SSSR count). The Hall–Kier alpha value is -1.33. The summed E-state index contributed by atoms with van der Waals surface area (Å²) in [6.45, 7) is 0. The van der Waals surface area contributed by atoms with Crippen molar-refractivity contribution in [1.29, 1.82) is 0 Å². The molecule has 0 spiro atoms. The van der Waals surface area contributed by atoms with E-state index in [1.807, 2.05) is 0 Å². The number of halogens is 6. The van der Waals surface area contributed by atoms with Gasteiger partial charge in [-0.25, -0.2) is 8.42 Å². The van der Waals surface area contributed by atoms with Gasteiger partial charge in [0.2, 0.25) is 0 Å². The van der Waals surface area contributed by atoms with Gasteiger partial charge in [-0.1, -0.05) is 0 Å². The van der Waals surface area contributed by atoms with Gasteiger partial charge >= 0.3 is 11.7 Å². The van der Waals surface area contributed by atoms with E-state index in [-0.39, 0.29) is 0 Å². The molecule has 92 valence electrons. The van der Waals surface area contributed by atoms with Gasteiger partial charge in [0.25, 0.3) is 9.84 Å². The molecule has 1 heterocycles. The number of hydrogen-bond donors (Lipinski definition) is 0. The van der Waals surface area contributed by atoms with Crippen LogP contribution in [0.5, 0.6) is 0 Å². The molecule has 1 aromatic heterocycles. The largest absolute Gasteiger partial charge is 0.502 e. The average Bonchev–Trinajstić information content (AvgIpc) is 2.47. The summed E-state index contributed by atoms with van der Waals surface area (Å²) in [4.78, 5) is 2.16. The molecule has 0 saturated carbocycles. The van der Waals surface area contributed by atoms with Crippen LogP contribution in [-0.4, -0.2) is 24.1 Å². The Morgan fingerprint density at radius 1 is 1.00 bits per heavy atom. The van der Waals surface area contributed by atoms with E-state index in [0.29, 0.717) is 0 Å². The van der Waals surface area contributed by atoms with Crippen molar-refractivity contribution in [3.63, 3.8) is 0 Å². The van der Waals surface area contributed by atoms with Crippen molar-refractivity contribution in [2.45, 2.75) is 16.8 Å². The molecule has 0 fully saturated rings. The fraction of sp³-hybridized carbons (Fsp3) is 0.500. The highest BCUT2D eigenvalue weighted by Gasteiger charge is 2.47. The van der Waals surface area contributed by atoms with Crippen LogP contribution in [-0.2, 0) is 16.0 Å². The van der Waals surface area contributed by atoms with Gasteiger partial charge in [0.15, 0.2) is 0 Å². The summed E-state index contributed by atoms with van der Waals surface area (Å²) in [5, 5.41) is 2.41. The predicted octanol–water partition coefficient (Wildman–Crippen LogP) is 0.746. The summed E-state index contributed by atoms with van der Waals surface area (Å²) in [5.41, 5.74) is -5.77. The standard InChI is InChI=1S/C4F6N3O2S/c5-3(6,7)1-11-2(13-12-1)16(14,15)4(8,9)10/q-1. The zero-order chi connectivity index (χ0) is 12.8. The summed E-state index contributed by atoms with van der Waals surface area (Å²) >= 11 is 0. The topological polar surface area (TPSA) is 74.0 Å². The molecule has 0 amide bonds. The summed E-state index contributed by atoms with van der Waals surface area (Å²) in [6.07, 6.45) is -5.16. The Kier molecular flexibility index (Phi) is 2.65. The van der Waals surface area contributed by atoms with Crippen LogP contribution in [0, 0.1) is 0 Å². The van der Waals surface area contributed by atoms with Gasteiger partial charge in [0.1, 0.15) is 5.16 Å². The molecule has 0 unspecified atom stereocenters. The fourth-order valence-corrected chi connectivity index (χ4v) is 1.12. The van der Waals surface area contributed by atoms with Crippen LogP contribution < -0.4 is 4.98 Å². The van der Waals surface area contributed by atoms with E-state index in [9.17, 15) is 34.8 Å². The maximum absolute atomic E-state index is 11.8. The van der Waals surface area contributed by atoms with Gasteiger partial charge in [0.05, 0.1) is 5.82 Å². The third kappa shape index (κ3) is 2.10. The first-order chi connectivity index (χ1) is 6.96. The first kappa shape index (κ1) is 12.7. The highest BCUT2D eigenvalue weighted by Crippen LogP contribution is 2.30. The number of nitrogens with zero attached hydrogens (tertiary/aromatic N) is 3. The first-order valence-electron chi connectivity index (χ1n) is 3.22. The van der Waals surface area contributed by atoms with Gasteiger partial charge in [-0.2, -0.15) is 26.3 Å². The third-order valence-electron chi connectivity index (χ3n) is 1.23. The van der Waals surface area contributed by atoms with E-state index < -0.39 is 32.5 Å². The quantitative estimate of drug-likeness (QED) is 0.702. The molecule has 0 radical (unpaired) electrons. The van der Waals surface area contributed by atoms with E-state index in [1.165, 1.54) is 0 Å². The number of aromatic nitrogens is 3. The van der Waals surface area contributed by atoms with Crippen LogP contribution in [0.2, 0.25) is 0 Å². The lowest BCUT2D eigenvalue weighted by Crippen LogP contribution is -2.25. The Bertz CT molecular complexity index is 485. The Labute approximate surface area is 83.4 Å². The van der Waals surface area contributed by atoms with Crippen LogP contribution in [0.3, 0.4) is 0 Å². The van der Waals surface area contributed by atoms with E-state index in [2.05, 4.69) is 15.2 Å². The zero-order valence-electron chi connectivity index (χ0n) is 6.83. The van der Waals surface area contributed by atoms with Crippen LogP contribution in [0.15, 0.2) is 5.16 Å². The van der Waals surface area contributed by atoms with Gasteiger partial charge in [-0.3, -0.25) is 0 Å². The van der Waals surface area contributed by atoms with Crippen molar-refractivity contribution in [2.24, 2.45) is 0 Å². The number of alkyl halides is 6. The Morgan fingerprint density at radius 3 is 1.81 bits per heavy atom. The van der Waals surface area contributed by atoms with Crippen molar-refractivity contribution in [2.75, 3.05) is 0 Å². The second kappa shape index (κ2) is 3.33. The Morgan fingerprint density at radius 2 is 1.50 bits per heavy atom. The minimum absolute atomic E-state index is 2.02. The molecule has 1 aromatic rings. The van der Waals surface area contributed by atoms with E-state index >= 15 is 0 Å². The molecule has 0 N–H and O–H groups in total. The average molecular weight is 268 g/mol. The van der Waals surface area contributed by atoms with Crippen molar-refractivity contribution in [3.8, 4) is 0 Å². The third-order valence-corrected chi connectivity index (χ3v) is 2.49. The van der Waals surface area contributed by atoms with Crippen LogP contribution >= 0.6 is 0 Å². The normalized spacial score (nSPS) is 14.1. The van der Waals surface area contributed by atoms with Crippen LogP contribution in [0.4, 0.5) is 26.3 Å². The van der Waals surface area contributed by atoms with Gasteiger partial charge < -0.3 is 15.2 Å². The number of hydrogen-bond acceptors (Lipinski definition) is 4. The lowest BCUT2D eigenvalue weighted by atomic mass is 10.6. The molecule has 12 heteroatoms. The molecule has 5 nitrogen and oxygen atoms in total. The molecule has 0 bridgehead atoms. The summed E-state index contributed by atoms with van der Waals surface area (Å²) in [7, 11) is -6.00. The highest BCUT2D eigenvalue weighted by molar-refractivity contribution is 7.92. The van der Waals surface area contributed by atoms with Crippen molar-refractivity contribution in [1.82, 2.24) is 15.2 Å². The van der Waals surface area contributed by atoms with E-state index in [0.717, 1.165) is 0 Å². The minimum Gasteiger partial charge on any atom is -0.344 e. The van der Waals surface area contributed by atoms with Gasteiger partial charge in [0, 0.05) is 0 Å². The van der Waals surface area contributed by atoms with Gasteiger partial charge in [-0.15, -0.1) is 0 Å². The monoisotopic (exact) mass is 268 g/mol. The fourth-order valence-electron chi connectivity index (χ4n) is 0.563. The van der Waals surface area contributed by atoms with Crippen molar-refractivity contribution in [3.05, 3.63) is 5.82 Å².